The van der Waals surface area contributed by atoms with E-state index in [-0.39, 0.29) is 0 Å². The van der Waals surface area contributed by atoms with Crippen LogP contribution < -0.4 is 0 Å². The lowest BCUT2D eigenvalue weighted by Crippen LogP contribution is -1.87. The Balaban J connectivity index is 1.87. The lowest BCUT2D eigenvalue weighted by atomic mass is 10.1. The van der Waals surface area contributed by atoms with Crippen molar-refractivity contribution in [3.8, 4) is 22.8 Å². The fraction of sp³-hybridized carbons (Fsp3) is 0.0323. The molecule has 0 saturated heterocycles. The van der Waals surface area contributed by atoms with Crippen molar-refractivity contribution in [3.63, 3.8) is 0 Å². The largest absolute Gasteiger partial charge is 0.324 e. The number of nitrogens with zero attached hydrogens (tertiary/aromatic N) is 6. The molecule has 4 aromatic rings. The summed E-state index contributed by atoms with van der Waals surface area (Å²) in [6, 6.07) is 7.84. The quantitative estimate of drug-likeness (QED) is 0.267. The Labute approximate surface area is 224 Å². The average molecular weight is 509 g/mol. The van der Waals surface area contributed by atoms with Gasteiger partial charge in [-0.15, -0.1) is 0 Å². The van der Waals surface area contributed by atoms with E-state index in [2.05, 4.69) is 42.9 Å². The Morgan fingerprint density at radius 1 is 0.513 bits per heavy atom. The first-order valence-corrected chi connectivity index (χ1v) is 12.2. The summed E-state index contributed by atoms with van der Waals surface area (Å²) in [5.74, 6) is 2.00. The Hall–Kier alpha value is -5.50. The van der Waals surface area contributed by atoms with E-state index in [9.17, 15) is 0 Å². The molecule has 39 heavy (non-hydrogen) atoms. The Bertz CT molecular complexity index is 1970. The van der Waals surface area contributed by atoms with E-state index in [0.717, 1.165) is 44.5 Å². The van der Waals surface area contributed by atoms with E-state index in [0.29, 0.717) is 45.9 Å². The monoisotopic (exact) mass is 508 g/mol. The van der Waals surface area contributed by atoms with E-state index in [4.69, 9.17) is 29.9 Å². The maximum Gasteiger partial charge on any atom is 0.164 e. The molecule has 2 aliphatic heterocycles. The van der Waals surface area contributed by atoms with E-state index >= 15 is 0 Å². The molecule has 0 saturated carbocycles. The molecule has 0 atom stereocenters. The van der Waals surface area contributed by atoms with Crippen LogP contribution in [0.5, 0.6) is 0 Å². The van der Waals surface area contributed by atoms with Crippen LogP contribution in [0.25, 0.3) is 80.8 Å². The molecule has 0 spiro atoms. The Kier molecular flexibility index (Phi) is 5.58. The van der Waals surface area contributed by atoms with Gasteiger partial charge in [-0.1, -0.05) is 87.5 Å². The standard InChI is InChI=1S/C31H24N8/c1-7-17-16(6)24-32-25(17)34-27-20(10-4)21(11-5)29(36-27)38-31-23-15-13-12-14-22(23)30(39-31)37-28-19(9-3)18(8-2)26(33-24)35-28/h7-15H,1-5H2,6H3,(H2,32,33,34,35,36,37,38,39). The number of H-pyrrole nitrogens is 2. The van der Waals surface area contributed by atoms with Crippen LogP contribution in [0.2, 0.25) is 0 Å². The zero-order valence-corrected chi connectivity index (χ0v) is 21.4. The topological polar surface area (TPSA) is 109 Å². The number of aromatic nitrogens is 8. The maximum absolute atomic E-state index is 4.90. The van der Waals surface area contributed by atoms with Crippen LogP contribution in [-0.4, -0.2) is 39.9 Å². The molecule has 188 valence electrons. The zero-order chi connectivity index (χ0) is 27.3. The fourth-order valence-corrected chi connectivity index (χ4v) is 4.84. The predicted octanol–water partition coefficient (Wildman–Crippen LogP) is 6.92. The molecule has 2 aliphatic rings. The highest BCUT2D eigenvalue weighted by Gasteiger charge is 2.22. The van der Waals surface area contributed by atoms with Crippen molar-refractivity contribution in [2.24, 2.45) is 0 Å². The molecule has 0 radical (unpaired) electrons. The van der Waals surface area contributed by atoms with Crippen LogP contribution in [-0.2, 0) is 0 Å². The number of fused-ring (bicyclic) bond motifs is 11. The molecule has 5 heterocycles. The summed E-state index contributed by atoms with van der Waals surface area (Å²) < 4.78 is 0. The number of hydrogen-bond donors (Lipinski definition) is 2. The van der Waals surface area contributed by atoms with Crippen LogP contribution in [0, 0.1) is 0 Å². The van der Waals surface area contributed by atoms with Crippen molar-refractivity contribution in [2.45, 2.75) is 6.92 Å². The highest BCUT2D eigenvalue weighted by molar-refractivity contribution is 5.95. The van der Waals surface area contributed by atoms with Gasteiger partial charge >= 0.3 is 0 Å². The van der Waals surface area contributed by atoms with Gasteiger partial charge in [-0.05, 0) is 6.92 Å². The van der Waals surface area contributed by atoms with Crippen molar-refractivity contribution in [1.82, 2.24) is 39.9 Å². The van der Waals surface area contributed by atoms with E-state index in [1.54, 1.807) is 30.4 Å². The number of aromatic amines is 2. The lowest BCUT2D eigenvalue weighted by Gasteiger charge is -1.96. The molecule has 3 aromatic heterocycles. The SMILES string of the molecule is C=CC1=C(C)c2nc1nc1[nH]c(nc3nc(nc4[nH]c(n2)c(C=C)c4C=C)-c2ccccc2-3)c(C=C)c1C=C. The lowest BCUT2D eigenvalue weighted by molar-refractivity contribution is 1.11. The van der Waals surface area contributed by atoms with Gasteiger partial charge in [0.1, 0.15) is 22.6 Å². The van der Waals surface area contributed by atoms with Gasteiger partial charge in [0.25, 0.3) is 0 Å². The van der Waals surface area contributed by atoms with Gasteiger partial charge < -0.3 is 9.97 Å². The second-order valence-electron chi connectivity index (χ2n) is 8.87. The smallest absolute Gasteiger partial charge is 0.164 e. The van der Waals surface area contributed by atoms with E-state index in [1.807, 2.05) is 31.2 Å². The fourth-order valence-electron chi connectivity index (χ4n) is 4.84. The third kappa shape index (κ3) is 3.61. The van der Waals surface area contributed by atoms with Gasteiger partial charge in [0.2, 0.25) is 0 Å². The molecule has 2 N–H and O–H groups in total. The number of benzene rings is 1. The molecule has 0 amide bonds. The molecular formula is C31H24N8. The first-order valence-electron chi connectivity index (χ1n) is 12.2. The van der Waals surface area contributed by atoms with Crippen molar-refractivity contribution < 1.29 is 0 Å². The minimum atomic E-state index is 0.472. The Morgan fingerprint density at radius 2 is 0.897 bits per heavy atom. The highest BCUT2D eigenvalue weighted by Crippen LogP contribution is 2.35. The third-order valence-corrected chi connectivity index (χ3v) is 6.78. The van der Waals surface area contributed by atoms with Crippen LogP contribution in [0.15, 0.2) is 63.2 Å². The van der Waals surface area contributed by atoms with E-state index in [1.165, 1.54) is 0 Å². The summed E-state index contributed by atoms with van der Waals surface area (Å²) >= 11 is 0. The number of allylic oxidation sites excluding steroid dienone is 3. The maximum atomic E-state index is 4.90. The molecule has 0 fully saturated rings. The van der Waals surface area contributed by atoms with Crippen molar-refractivity contribution in [1.29, 1.82) is 0 Å². The normalized spacial score (nSPS) is 12.1. The van der Waals surface area contributed by atoms with Gasteiger partial charge in [-0.25, -0.2) is 29.9 Å². The third-order valence-electron chi connectivity index (χ3n) is 6.78. The summed E-state index contributed by atoms with van der Waals surface area (Å²) in [6.07, 6.45) is 8.62. The van der Waals surface area contributed by atoms with Gasteiger partial charge in [0.05, 0.1) is 0 Å². The summed E-state index contributed by atoms with van der Waals surface area (Å²) in [6.45, 7) is 21.9. The van der Waals surface area contributed by atoms with Gasteiger partial charge in [-0.3, -0.25) is 0 Å². The number of hydrogen-bond acceptors (Lipinski definition) is 6. The van der Waals surface area contributed by atoms with E-state index < -0.39 is 0 Å². The minimum absolute atomic E-state index is 0.472. The average Bonchev–Trinajstić information content (AvgIpc) is 3.65. The summed E-state index contributed by atoms with van der Waals surface area (Å²) in [7, 11) is 0. The van der Waals surface area contributed by atoms with Crippen LogP contribution in [0.3, 0.4) is 0 Å². The predicted molar refractivity (Wildman–Crippen MR) is 160 cm³/mol. The molecule has 0 unspecified atom stereocenters. The first-order chi connectivity index (χ1) is 19.0. The second kappa shape index (κ2) is 9.11. The van der Waals surface area contributed by atoms with Gasteiger partial charge in [-0.2, -0.15) is 0 Å². The van der Waals surface area contributed by atoms with Crippen molar-refractivity contribution in [2.75, 3.05) is 0 Å². The van der Waals surface area contributed by atoms with Crippen molar-refractivity contribution >= 4 is 58.0 Å². The Morgan fingerprint density at radius 3 is 1.31 bits per heavy atom. The molecule has 8 bridgehead atoms. The summed E-state index contributed by atoms with van der Waals surface area (Å²) in [5, 5.41) is 0. The highest BCUT2D eigenvalue weighted by atomic mass is 15.1. The zero-order valence-electron chi connectivity index (χ0n) is 21.4. The number of rotatable bonds is 5. The van der Waals surface area contributed by atoms with Crippen molar-refractivity contribution in [3.05, 3.63) is 97.1 Å². The molecule has 6 rings (SSSR count). The molecule has 1 aromatic carbocycles. The molecular weight excluding hydrogens is 484 g/mol. The van der Waals surface area contributed by atoms with Gasteiger partial charge in [0.15, 0.2) is 23.3 Å². The van der Waals surface area contributed by atoms with Crippen LogP contribution in [0.4, 0.5) is 0 Å². The number of nitrogens with one attached hydrogen (secondary N) is 2. The van der Waals surface area contributed by atoms with Crippen LogP contribution in [0.1, 0.15) is 40.8 Å². The summed E-state index contributed by atoms with van der Waals surface area (Å²) in [4.78, 5) is 35.7. The minimum Gasteiger partial charge on any atom is -0.324 e. The van der Waals surface area contributed by atoms with Crippen LogP contribution >= 0.6 is 0 Å². The van der Waals surface area contributed by atoms with Gasteiger partial charge in [0, 0.05) is 44.5 Å². The first kappa shape index (κ1) is 23.9. The molecule has 0 aliphatic carbocycles. The summed E-state index contributed by atoms with van der Waals surface area (Å²) in [5.41, 5.74) is 8.56. The molecule has 8 heteroatoms. The molecule has 8 nitrogen and oxygen atoms in total. The second-order valence-corrected chi connectivity index (χ2v) is 8.87.